The molecule has 0 atom stereocenters. The molecule has 0 amide bonds. The van der Waals surface area contributed by atoms with Crippen molar-refractivity contribution in [2.24, 2.45) is 0 Å². The Morgan fingerprint density at radius 3 is 2.72 bits per heavy atom. The fourth-order valence-electron chi connectivity index (χ4n) is 3.16. The summed E-state index contributed by atoms with van der Waals surface area (Å²) in [7, 11) is 0. The van der Waals surface area contributed by atoms with Crippen molar-refractivity contribution in [3.8, 4) is 11.5 Å². The van der Waals surface area contributed by atoms with Crippen LogP contribution in [0.3, 0.4) is 0 Å². The van der Waals surface area contributed by atoms with Gasteiger partial charge in [0.1, 0.15) is 12.4 Å². The van der Waals surface area contributed by atoms with Crippen LogP contribution in [0, 0.1) is 5.82 Å². The van der Waals surface area contributed by atoms with E-state index in [9.17, 15) is 4.39 Å². The van der Waals surface area contributed by atoms with Gasteiger partial charge in [0.15, 0.2) is 11.5 Å². The Labute approximate surface area is 176 Å². The highest BCUT2D eigenvalue weighted by Gasteiger charge is 2.12. The summed E-state index contributed by atoms with van der Waals surface area (Å²) in [5.41, 5.74) is 1.44. The quantitative estimate of drug-likeness (QED) is 0.588. The van der Waals surface area contributed by atoms with Crippen LogP contribution in [-0.4, -0.2) is 50.9 Å². The van der Waals surface area contributed by atoms with Crippen molar-refractivity contribution in [1.29, 1.82) is 0 Å². The highest BCUT2D eigenvalue weighted by Crippen LogP contribution is 2.30. The molecule has 2 aromatic carbocycles. The number of hydrogen-bond donors (Lipinski definition) is 1. The zero-order valence-corrected chi connectivity index (χ0v) is 17.5. The third-order valence-corrected chi connectivity index (χ3v) is 5.13. The van der Waals surface area contributed by atoms with Crippen molar-refractivity contribution in [2.45, 2.75) is 20.1 Å². The van der Waals surface area contributed by atoms with Crippen molar-refractivity contribution in [1.82, 2.24) is 10.2 Å². The molecule has 3 rings (SSSR count). The number of benzene rings is 2. The fraction of sp³-hybridized carbons (Fsp3) is 0.455. The van der Waals surface area contributed by atoms with Gasteiger partial charge in [-0.25, -0.2) is 4.39 Å². The lowest BCUT2D eigenvalue weighted by Crippen LogP contribution is -2.40. The molecule has 1 heterocycles. The second kappa shape index (κ2) is 11.4. The second-order valence-electron chi connectivity index (χ2n) is 6.83. The molecule has 0 aromatic heterocycles. The molecule has 0 bridgehead atoms. The van der Waals surface area contributed by atoms with Gasteiger partial charge in [0.2, 0.25) is 0 Å². The Morgan fingerprint density at radius 1 is 1.14 bits per heavy atom. The summed E-state index contributed by atoms with van der Waals surface area (Å²) in [5, 5.41) is 3.82. The first-order valence-corrected chi connectivity index (χ1v) is 10.4. The Balaban J connectivity index is 1.55. The van der Waals surface area contributed by atoms with E-state index in [-0.39, 0.29) is 12.4 Å². The Kier molecular flexibility index (Phi) is 8.55. The zero-order valence-electron chi connectivity index (χ0n) is 16.8. The van der Waals surface area contributed by atoms with Crippen LogP contribution in [0.25, 0.3) is 0 Å². The summed E-state index contributed by atoms with van der Waals surface area (Å²) in [6.45, 7) is 8.76. The maximum Gasteiger partial charge on any atom is 0.161 e. The summed E-state index contributed by atoms with van der Waals surface area (Å²) in [6, 6.07) is 10.4. The lowest BCUT2D eigenvalue weighted by atomic mass is 10.2. The molecular formula is C22H28ClFN2O3. The van der Waals surface area contributed by atoms with Crippen LogP contribution < -0.4 is 14.8 Å². The molecule has 0 spiro atoms. The number of hydrogen-bond acceptors (Lipinski definition) is 5. The van der Waals surface area contributed by atoms with Crippen LogP contribution in [0.5, 0.6) is 11.5 Å². The predicted octanol–water partition coefficient (Wildman–Crippen LogP) is 3.88. The van der Waals surface area contributed by atoms with Gasteiger partial charge < -0.3 is 19.5 Å². The molecule has 1 N–H and O–H groups in total. The molecule has 1 aliphatic heterocycles. The summed E-state index contributed by atoms with van der Waals surface area (Å²) in [4.78, 5) is 2.40. The van der Waals surface area contributed by atoms with Crippen molar-refractivity contribution >= 4 is 11.6 Å². The molecule has 158 valence electrons. The lowest BCUT2D eigenvalue weighted by molar-refractivity contribution is 0.0384. The minimum atomic E-state index is -0.378. The highest BCUT2D eigenvalue weighted by molar-refractivity contribution is 6.31. The molecule has 0 aliphatic carbocycles. The van der Waals surface area contributed by atoms with E-state index < -0.39 is 0 Å². The van der Waals surface area contributed by atoms with Gasteiger partial charge in [0.25, 0.3) is 0 Å². The maximum absolute atomic E-state index is 14.0. The number of nitrogens with zero attached hydrogens (tertiary/aromatic N) is 1. The van der Waals surface area contributed by atoms with E-state index in [1.807, 2.05) is 25.1 Å². The normalized spacial score (nSPS) is 14.7. The minimum absolute atomic E-state index is 0.0444. The van der Waals surface area contributed by atoms with E-state index in [1.165, 1.54) is 6.07 Å². The topological polar surface area (TPSA) is 43.0 Å². The molecule has 1 aliphatic rings. The predicted molar refractivity (Wildman–Crippen MR) is 112 cm³/mol. The van der Waals surface area contributed by atoms with Crippen LogP contribution in [-0.2, 0) is 17.9 Å². The van der Waals surface area contributed by atoms with E-state index in [4.69, 9.17) is 25.8 Å². The maximum atomic E-state index is 14.0. The first-order chi connectivity index (χ1) is 14.2. The molecule has 5 nitrogen and oxygen atoms in total. The average Bonchev–Trinajstić information content (AvgIpc) is 2.73. The second-order valence-corrected chi connectivity index (χ2v) is 7.24. The van der Waals surface area contributed by atoms with Crippen LogP contribution in [0.1, 0.15) is 18.1 Å². The van der Waals surface area contributed by atoms with E-state index in [0.29, 0.717) is 28.7 Å². The largest absolute Gasteiger partial charge is 0.490 e. The lowest BCUT2D eigenvalue weighted by Gasteiger charge is -2.26. The molecular weight excluding hydrogens is 395 g/mol. The van der Waals surface area contributed by atoms with Gasteiger partial charge in [0.05, 0.1) is 24.8 Å². The number of ether oxygens (including phenoxy) is 3. The number of rotatable bonds is 10. The van der Waals surface area contributed by atoms with E-state index >= 15 is 0 Å². The third kappa shape index (κ3) is 6.57. The van der Waals surface area contributed by atoms with Crippen LogP contribution in [0.2, 0.25) is 5.02 Å². The summed E-state index contributed by atoms with van der Waals surface area (Å²) in [5.74, 6) is 0.840. The Hall–Kier alpha value is -1.86. The van der Waals surface area contributed by atoms with Crippen molar-refractivity contribution in [3.05, 3.63) is 58.4 Å². The molecule has 0 radical (unpaired) electrons. The van der Waals surface area contributed by atoms with Crippen LogP contribution >= 0.6 is 11.6 Å². The van der Waals surface area contributed by atoms with Crippen LogP contribution in [0.4, 0.5) is 4.39 Å². The highest BCUT2D eigenvalue weighted by atomic mass is 35.5. The molecule has 0 unspecified atom stereocenters. The van der Waals surface area contributed by atoms with Gasteiger partial charge in [-0.1, -0.05) is 23.7 Å². The molecule has 1 saturated heterocycles. The fourth-order valence-corrected chi connectivity index (χ4v) is 3.38. The third-order valence-electron chi connectivity index (χ3n) is 4.78. The molecule has 0 saturated carbocycles. The summed E-state index contributed by atoms with van der Waals surface area (Å²) < 4.78 is 30.9. The van der Waals surface area contributed by atoms with Gasteiger partial charge >= 0.3 is 0 Å². The summed E-state index contributed by atoms with van der Waals surface area (Å²) in [6.07, 6.45) is 0. The standard InChI is InChI=1S/C22H28ClFN2O3/c1-2-28-22-14-17(15-25-8-9-26-10-12-27-13-11-26)6-7-21(22)29-16-18-19(23)4-3-5-20(18)24/h3-7,14,25H,2,8-13,15-16H2,1H3. The Morgan fingerprint density at radius 2 is 1.97 bits per heavy atom. The van der Waals surface area contributed by atoms with Crippen LogP contribution in [0.15, 0.2) is 36.4 Å². The summed E-state index contributed by atoms with van der Waals surface area (Å²) >= 11 is 6.08. The van der Waals surface area contributed by atoms with Crippen molar-refractivity contribution in [3.63, 3.8) is 0 Å². The number of nitrogens with one attached hydrogen (secondary N) is 1. The van der Waals surface area contributed by atoms with Gasteiger partial charge in [-0.3, -0.25) is 4.90 Å². The monoisotopic (exact) mass is 422 g/mol. The van der Waals surface area contributed by atoms with E-state index in [2.05, 4.69) is 10.2 Å². The zero-order chi connectivity index (χ0) is 20.5. The molecule has 1 fully saturated rings. The van der Waals surface area contributed by atoms with Crippen molar-refractivity contribution in [2.75, 3.05) is 46.0 Å². The van der Waals surface area contributed by atoms with Crippen molar-refractivity contribution < 1.29 is 18.6 Å². The molecule has 7 heteroatoms. The minimum Gasteiger partial charge on any atom is -0.490 e. The van der Waals surface area contributed by atoms with Gasteiger partial charge in [0, 0.05) is 38.3 Å². The smallest absolute Gasteiger partial charge is 0.161 e. The SMILES string of the molecule is CCOc1cc(CNCCN2CCOCC2)ccc1OCc1c(F)cccc1Cl. The first-order valence-electron chi connectivity index (χ1n) is 9.99. The van der Waals surface area contributed by atoms with E-state index in [0.717, 1.165) is 51.5 Å². The number of morpholine rings is 1. The Bertz CT molecular complexity index is 764. The van der Waals surface area contributed by atoms with Gasteiger partial charge in [-0.2, -0.15) is 0 Å². The van der Waals surface area contributed by atoms with Gasteiger partial charge in [-0.05, 0) is 36.8 Å². The first kappa shape index (κ1) is 21.8. The molecule has 2 aromatic rings. The van der Waals surface area contributed by atoms with Gasteiger partial charge in [-0.15, -0.1) is 0 Å². The average molecular weight is 423 g/mol. The number of halogens is 2. The van der Waals surface area contributed by atoms with E-state index in [1.54, 1.807) is 12.1 Å². The molecule has 29 heavy (non-hydrogen) atoms.